The number of rotatable bonds is 3. The number of nitrogens with one attached hydrogen (secondary N) is 2. The van der Waals surface area contributed by atoms with E-state index in [-0.39, 0.29) is 0 Å². The topological polar surface area (TPSA) is 63.1 Å². The van der Waals surface area contributed by atoms with E-state index < -0.39 is 11.7 Å². The molecule has 5 nitrogen and oxygen atoms in total. The molecule has 3 aromatic rings. The Morgan fingerprint density at radius 2 is 1.78 bits per heavy atom. The van der Waals surface area contributed by atoms with Crippen molar-refractivity contribution >= 4 is 28.3 Å². The van der Waals surface area contributed by atoms with Gasteiger partial charge in [0.25, 0.3) is 11.7 Å². The molecule has 0 saturated heterocycles. The van der Waals surface area contributed by atoms with Gasteiger partial charge in [-0.2, -0.15) is 0 Å². The van der Waals surface area contributed by atoms with Crippen molar-refractivity contribution < 1.29 is 9.59 Å². The van der Waals surface area contributed by atoms with Crippen LogP contribution in [0, 0.1) is 13.8 Å². The molecule has 1 aliphatic rings. The van der Waals surface area contributed by atoms with Gasteiger partial charge in [0.1, 0.15) is 0 Å². The number of nitrogens with zero attached hydrogens (tertiary/aromatic N) is 1. The fourth-order valence-corrected chi connectivity index (χ4v) is 4.00. The number of benzene rings is 2. The monoisotopic (exact) mass is 361 g/mol. The molecule has 1 aliphatic heterocycles. The maximum absolute atomic E-state index is 13.1. The minimum Gasteiger partial charge on any atom is -0.343 e. The van der Waals surface area contributed by atoms with E-state index in [2.05, 4.69) is 15.2 Å². The number of para-hydroxylation sites is 1. The van der Waals surface area contributed by atoms with Gasteiger partial charge in [-0.1, -0.05) is 24.3 Å². The molecule has 0 spiro atoms. The van der Waals surface area contributed by atoms with Crippen LogP contribution in [0.3, 0.4) is 0 Å². The molecule has 0 fully saturated rings. The summed E-state index contributed by atoms with van der Waals surface area (Å²) >= 11 is 0. The highest BCUT2D eigenvalue weighted by Gasteiger charge is 2.27. The van der Waals surface area contributed by atoms with Crippen LogP contribution in [0.4, 0.5) is 5.69 Å². The molecule has 0 bridgehead atoms. The zero-order valence-corrected chi connectivity index (χ0v) is 15.6. The largest absolute Gasteiger partial charge is 0.343 e. The molecule has 27 heavy (non-hydrogen) atoms. The van der Waals surface area contributed by atoms with Gasteiger partial charge in [0.15, 0.2) is 0 Å². The maximum Gasteiger partial charge on any atom is 0.296 e. The van der Waals surface area contributed by atoms with Gasteiger partial charge in [-0.3, -0.25) is 9.59 Å². The van der Waals surface area contributed by atoms with Crippen LogP contribution in [0.2, 0.25) is 0 Å². The summed E-state index contributed by atoms with van der Waals surface area (Å²) < 4.78 is 2.17. The van der Waals surface area contributed by atoms with E-state index >= 15 is 0 Å². The smallest absolute Gasteiger partial charge is 0.296 e. The molecular formula is C22H23N3O2. The summed E-state index contributed by atoms with van der Waals surface area (Å²) in [7, 11) is 0. The Balaban J connectivity index is 1.74. The lowest BCUT2D eigenvalue weighted by molar-refractivity contribution is -0.112. The lowest BCUT2D eigenvalue weighted by Gasteiger charge is -2.09. The highest BCUT2D eigenvalue weighted by atomic mass is 16.2. The summed E-state index contributed by atoms with van der Waals surface area (Å²) in [5.74, 6) is -1.06. The first-order chi connectivity index (χ1) is 13.0. The molecule has 0 saturated carbocycles. The van der Waals surface area contributed by atoms with Crippen LogP contribution in [0.5, 0.6) is 0 Å². The minimum atomic E-state index is -0.587. The van der Waals surface area contributed by atoms with Gasteiger partial charge in [0.2, 0.25) is 0 Å². The van der Waals surface area contributed by atoms with Crippen LogP contribution in [-0.4, -0.2) is 29.3 Å². The van der Waals surface area contributed by atoms with Gasteiger partial charge in [-0.15, -0.1) is 0 Å². The molecule has 4 rings (SSSR count). The SMILES string of the molecule is Cc1cc(C)cc(NC(=O)C(=O)c2c3n(c4ccccc24)CCNCC3)c1. The molecule has 2 aromatic carbocycles. The first-order valence-electron chi connectivity index (χ1n) is 9.29. The van der Waals surface area contributed by atoms with Crippen LogP contribution >= 0.6 is 0 Å². The van der Waals surface area contributed by atoms with E-state index in [4.69, 9.17) is 0 Å². The normalized spacial score (nSPS) is 13.9. The quantitative estimate of drug-likeness (QED) is 0.556. The van der Waals surface area contributed by atoms with Gasteiger partial charge in [0, 0.05) is 48.3 Å². The third-order valence-electron chi connectivity index (χ3n) is 5.04. The number of carbonyl (C=O) groups excluding carboxylic acids is 2. The minimum absolute atomic E-state index is 0.471. The number of anilines is 1. The Hall–Kier alpha value is -2.92. The standard InChI is InChI=1S/C22H23N3O2/c1-14-11-15(2)13-16(12-14)24-22(27)21(26)20-17-5-3-4-6-18(17)25-10-9-23-8-7-19(20)25/h3-6,11-13,23H,7-10H2,1-2H3,(H,24,27). The van der Waals surface area contributed by atoms with Crippen LogP contribution in [0.25, 0.3) is 10.9 Å². The van der Waals surface area contributed by atoms with Crippen molar-refractivity contribution in [2.75, 3.05) is 18.4 Å². The second-order valence-electron chi connectivity index (χ2n) is 7.15. The van der Waals surface area contributed by atoms with E-state index in [1.807, 2.05) is 56.3 Å². The van der Waals surface area contributed by atoms with Crippen LogP contribution in [0.1, 0.15) is 27.2 Å². The fraction of sp³-hybridized carbons (Fsp3) is 0.273. The van der Waals surface area contributed by atoms with Gasteiger partial charge >= 0.3 is 0 Å². The van der Waals surface area contributed by atoms with Gasteiger partial charge in [0.05, 0.1) is 5.56 Å². The van der Waals surface area contributed by atoms with Crippen molar-refractivity contribution in [1.29, 1.82) is 0 Å². The molecule has 138 valence electrons. The predicted molar refractivity (Wildman–Crippen MR) is 107 cm³/mol. The molecular weight excluding hydrogens is 338 g/mol. The average Bonchev–Trinajstić information content (AvgIpc) is 2.77. The zero-order valence-electron chi connectivity index (χ0n) is 15.6. The number of hydrogen-bond donors (Lipinski definition) is 2. The van der Waals surface area contributed by atoms with Crippen molar-refractivity contribution in [3.8, 4) is 0 Å². The number of Topliss-reactive ketones (excluding diaryl/α,β-unsaturated/α-hetero) is 1. The van der Waals surface area contributed by atoms with E-state index in [0.29, 0.717) is 11.3 Å². The van der Waals surface area contributed by atoms with Crippen molar-refractivity contribution in [3.05, 3.63) is 64.8 Å². The second-order valence-corrected chi connectivity index (χ2v) is 7.15. The van der Waals surface area contributed by atoms with E-state index in [1.165, 1.54) is 0 Å². The predicted octanol–water partition coefficient (Wildman–Crippen LogP) is 3.23. The van der Waals surface area contributed by atoms with Crippen LogP contribution < -0.4 is 10.6 Å². The van der Waals surface area contributed by atoms with Crippen molar-refractivity contribution in [3.63, 3.8) is 0 Å². The van der Waals surface area contributed by atoms with Crippen molar-refractivity contribution in [2.24, 2.45) is 0 Å². The van der Waals surface area contributed by atoms with E-state index in [9.17, 15) is 9.59 Å². The molecule has 0 unspecified atom stereocenters. The highest BCUT2D eigenvalue weighted by Crippen LogP contribution is 2.28. The van der Waals surface area contributed by atoms with E-state index in [1.54, 1.807) is 0 Å². The number of aryl methyl sites for hydroxylation is 2. The summed E-state index contributed by atoms with van der Waals surface area (Å²) in [6.45, 7) is 6.39. The van der Waals surface area contributed by atoms with Crippen molar-refractivity contribution in [1.82, 2.24) is 9.88 Å². The molecule has 0 radical (unpaired) electrons. The number of fused-ring (bicyclic) bond motifs is 3. The van der Waals surface area contributed by atoms with Gasteiger partial charge in [-0.25, -0.2) is 0 Å². The molecule has 2 heterocycles. The first kappa shape index (κ1) is 17.5. The second kappa shape index (κ2) is 7.00. The molecule has 2 N–H and O–H groups in total. The Labute approximate surface area is 158 Å². The number of amides is 1. The number of hydrogen-bond acceptors (Lipinski definition) is 3. The summed E-state index contributed by atoms with van der Waals surface area (Å²) in [4.78, 5) is 25.9. The third-order valence-corrected chi connectivity index (χ3v) is 5.04. The molecule has 0 aliphatic carbocycles. The van der Waals surface area contributed by atoms with Crippen LogP contribution in [-0.2, 0) is 17.8 Å². The van der Waals surface area contributed by atoms with Crippen molar-refractivity contribution in [2.45, 2.75) is 26.8 Å². The summed E-state index contributed by atoms with van der Waals surface area (Å²) in [6.07, 6.45) is 0.729. The fourth-order valence-electron chi connectivity index (χ4n) is 4.00. The van der Waals surface area contributed by atoms with Gasteiger partial charge < -0.3 is 15.2 Å². The summed E-state index contributed by atoms with van der Waals surface area (Å²) in [5.41, 5.74) is 5.25. The zero-order chi connectivity index (χ0) is 19.0. The Kier molecular flexibility index (Phi) is 4.54. The van der Waals surface area contributed by atoms with Gasteiger partial charge in [-0.05, 0) is 43.2 Å². The molecule has 1 aromatic heterocycles. The lowest BCUT2D eigenvalue weighted by Crippen LogP contribution is -2.24. The summed E-state index contributed by atoms with van der Waals surface area (Å²) in [5, 5.41) is 7.00. The average molecular weight is 361 g/mol. The Bertz CT molecular complexity index is 1030. The molecule has 1 amide bonds. The lowest BCUT2D eigenvalue weighted by atomic mass is 10.0. The molecule has 5 heteroatoms. The Morgan fingerprint density at radius 3 is 2.56 bits per heavy atom. The maximum atomic E-state index is 13.1. The number of carbonyl (C=O) groups is 2. The summed E-state index contributed by atoms with van der Waals surface area (Å²) in [6, 6.07) is 13.6. The molecule has 0 atom stereocenters. The number of aromatic nitrogens is 1. The Morgan fingerprint density at radius 1 is 1.04 bits per heavy atom. The van der Waals surface area contributed by atoms with Crippen LogP contribution in [0.15, 0.2) is 42.5 Å². The highest BCUT2D eigenvalue weighted by molar-refractivity contribution is 6.48. The first-order valence-corrected chi connectivity index (χ1v) is 9.29. The van der Waals surface area contributed by atoms with E-state index in [0.717, 1.165) is 53.8 Å². The number of ketones is 1. The third kappa shape index (κ3) is 3.26.